The van der Waals surface area contributed by atoms with E-state index < -0.39 is 0 Å². The zero-order valence-corrected chi connectivity index (χ0v) is 11.8. The minimum atomic E-state index is -0.205. The van der Waals surface area contributed by atoms with Crippen molar-refractivity contribution in [2.24, 2.45) is 0 Å². The lowest BCUT2D eigenvalue weighted by molar-refractivity contribution is 0.124. The normalized spacial score (nSPS) is 11.9. The van der Waals surface area contributed by atoms with Crippen molar-refractivity contribution in [1.29, 1.82) is 0 Å². The molecule has 1 heterocycles. The fourth-order valence-electron chi connectivity index (χ4n) is 1.50. The summed E-state index contributed by atoms with van der Waals surface area (Å²) in [4.78, 5) is 4.40. The van der Waals surface area contributed by atoms with Gasteiger partial charge < -0.3 is 10.1 Å². The van der Waals surface area contributed by atoms with Gasteiger partial charge in [-0.25, -0.2) is 4.98 Å². The Morgan fingerprint density at radius 3 is 2.47 bits per heavy atom. The minimum absolute atomic E-state index is 0.205. The first kappa shape index (κ1) is 14.0. The molecular formula is C14H24N2O. The van der Waals surface area contributed by atoms with Crippen LogP contribution >= 0.6 is 0 Å². The van der Waals surface area contributed by atoms with E-state index in [9.17, 15) is 0 Å². The van der Waals surface area contributed by atoms with Crippen LogP contribution in [0.4, 0.5) is 0 Å². The van der Waals surface area contributed by atoms with Crippen molar-refractivity contribution >= 4 is 0 Å². The van der Waals surface area contributed by atoms with Gasteiger partial charge in [-0.3, -0.25) is 0 Å². The van der Waals surface area contributed by atoms with E-state index in [4.69, 9.17) is 4.74 Å². The van der Waals surface area contributed by atoms with Crippen molar-refractivity contribution in [3.8, 4) is 5.88 Å². The van der Waals surface area contributed by atoms with Gasteiger partial charge in [0.15, 0.2) is 0 Å². The highest BCUT2D eigenvalue weighted by atomic mass is 16.5. The average molecular weight is 236 g/mol. The van der Waals surface area contributed by atoms with Gasteiger partial charge in [0.2, 0.25) is 5.88 Å². The Morgan fingerprint density at radius 2 is 1.94 bits per heavy atom. The average Bonchev–Trinajstić information content (AvgIpc) is 2.10. The van der Waals surface area contributed by atoms with Crippen LogP contribution in [0.5, 0.6) is 5.88 Å². The standard InChI is InChI=1S/C14H24N2O/c1-10(2)15-9-12-7-11(3)16-13(8-12)17-14(4,5)6/h7-8,10,15H,9H2,1-6H3. The number of rotatable bonds is 4. The SMILES string of the molecule is Cc1cc(CNC(C)C)cc(OC(C)(C)C)n1. The Kier molecular flexibility index (Phi) is 4.52. The van der Waals surface area contributed by atoms with E-state index in [1.54, 1.807) is 0 Å². The molecule has 0 unspecified atom stereocenters. The second-order valence-corrected chi connectivity index (χ2v) is 5.71. The molecule has 0 aliphatic heterocycles. The molecule has 0 saturated heterocycles. The summed E-state index contributed by atoms with van der Waals surface area (Å²) in [6.07, 6.45) is 0. The molecule has 1 aromatic rings. The van der Waals surface area contributed by atoms with Gasteiger partial charge >= 0.3 is 0 Å². The molecule has 0 aliphatic carbocycles. The fraction of sp³-hybridized carbons (Fsp3) is 0.643. The van der Waals surface area contributed by atoms with Crippen molar-refractivity contribution in [2.45, 2.75) is 59.7 Å². The van der Waals surface area contributed by atoms with Crippen LogP contribution in [0, 0.1) is 6.92 Å². The van der Waals surface area contributed by atoms with Crippen molar-refractivity contribution < 1.29 is 4.74 Å². The summed E-state index contributed by atoms with van der Waals surface area (Å²) >= 11 is 0. The number of nitrogens with zero attached hydrogens (tertiary/aromatic N) is 1. The van der Waals surface area contributed by atoms with Gasteiger partial charge in [0.25, 0.3) is 0 Å². The van der Waals surface area contributed by atoms with E-state index in [-0.39, 0.29) is 5.60 Å². The molecule has 3 heteroatoms. The highest BCUT2D eigenvalue weighted by molar-refractivity contribution is 5.25. The van der Waals surface area contributed by atoms with Gasteiger partial charge in [0.1, 0.15) is 5.60 Å². The molecule has 0 atom stereocenters. The Bertz CT molecular complexity index is 367. The molecule has 1 aromatic heterocycles. The maximum absolute atomic E-state index is 5.79. The molecule has 96 valence electrons. The topological polar surface area (TPSA) is 34.1 Å². The Hall–Kier alpha value is -1.09. The van der Waals surface area contributed by atoms with Gasteiger partial charge in [0, 0.05) is 24.3 Å². The highest BCUT2D eigenvalue weighted by Gasteiger charge is 2.13. The molecule has 17 heavy (non-hydrogen) atoms. The van der Waals surface area contributed by atoms with Gasteiger partial charge in [-0.15, -0.1) is 0 Å². The molecule has 1 N–H and O–H groups in total. The second-order valence-electron chi connectivity index (χ2n) is 5.71. The molecule has 0 saturated carbocycles. The summed E-state index contributed by atoms with van der Waals surface area (Å²) in [5, 5.41) is 3.40. The quantitative estimate of drug-likeness (QED) is 0.872. The number of aromatic nitrogens is 1. The second kappa shape index (κ2) is 5.50. The molecule has 0 fully saturated rings. The summed E-state index contributed by atoms with van der Waals surface area (Å²) < 4.78 is 5.79. The third-order valence-electron chi connectivity index (χ3n) is 2.11. The molecule has 1 rings (SSSR count). The lowest BCUT2D eigenvalue weighted by Crippen LogP contribution is -2.24. The molecule has 0 amide bonds. The first-order valence-electron chi connectivity index (χ1n) is 6.16. The number of nitrogens with one attached hydrogen (secondary N) is 1. The van der Waals surface area contributed by atoms with Crippen molar-refractivity contribution in [3.63, 3.8) is 0 Å². The van der Waals surface area contributed by atoms with Crippen molar-refractivity contribution in [1.82, 2.24) is 10.3 Å². The number of hydrogen-bond donors (Lipinski definition) is 1. The van der Waals surface area contributed by atoms with Crippen molar-refractivity contribution in [3.05, 3.63) is 23.4 Å². The zero-order valence-electron chi connectivity index (χ0n) is 11.8. The van der Waals surface area contributed by atoms with E-state index in [1.807, 2.05) is 33.8 Å². The Labute approximate surface area is 105 Å². The van der Waals surface area contributed by atoms with E-state index in [0.717, 1.165) is 12.2 Å². The minimum Gasteiger partial charge on any atom is -0.472 e. The highest BCUT2D eigenvalue weighted by Crippen LogP contribution is 2.18. The van der Waals surface area contributed by atoms with Crippen LogP contribution in [0.15, 0.2) is 12.1 Å². The summed E-state index contributed by atoms with van der Waals surface area (Å²) in [7, 11) is 0. The van der Waals surface area contributed by atoms with Crippen LogP contribution in [0.2, 0.25) is 0 Å². The predicted molar refractivity (Wildman–Crippen MR) is 71.3 cm³/mol. The first-order chi connectivity index (χ1) is 7.76. The molecule has 0 radical (unpaired) electrons. The largest absolute Gasteiger partial charge is 0.472 e. The monoisotopic (exact) mass is 236 g/mol. The number of aryl methyl sites for hydroxylation is 1. The lowest BCUT2D eigenvalue weighted by Gasteiger charge is -2.21. The van der Waals surface area contributed by atoms with Crippen LogP contribution in [0.25, 0.3) is 0 Å². The van der Waals surface area contributed by atoms with Crippen LogP contribution in [-0.4, -0.2) is 16.6 Å². The summed E-state index contributed by atoms with van der Waals surface area (Å²) in [6.45, 7) is 13.2. The third kappa shape index (κ3) is 5.68. The smallest absolute Gasteiger partial charge is 0.214 e. The van der Waals surface area contributed by atoms with Crippen LogP contribution in [-0.2, 0) is 6.54 Å². The molecule has 0 spiro atoms. The number of hydrogen-bond acceptors (Lipinski definition) is 3. The lowest BCUT2D eigenvalue weighted by atomic mass is 10.2. The summed E-state index contributed by atoms with van der Waals surface area (Å²) in [5.41, 5.74) is 2.00. The van der Waals surface area contributed by atoms with Gasteiger partial charge in [-0.1, -0.05) is 13.8 Å². The van der Waals surface area contributed by atoms with Gasteiger partial charge in [-0.05, 0) is 39.3 Å². The maximum atomic E-state index is 5.79. The van der Waals surface area contributed by atoms with Gasteiger partial charge in [-0.2, -0.15) is 0 Å². The molecular weight excluding hydrogens is 212 g/mol. The van der Waals surface area contributed by atoms with Gasteiger partial charge in [0.05, 0.1) is 0 Å². The molecule has 0 bridgehead atoms. The van der Waals surface area contributed by atoms with Crippen LogP contribution in [0.3, 0.4) is 0 Å². The maximum Gasteiger partial charge on any atom is 0.214 e. The van der Waals surface area contributed by atoms with Crippen molar-refractivity contribution in [2.75, 3.05) is 0 Å². The molecule has 3 nitrogen and oxygen atoms in total. The van der Waals surface area contributed by atoms with Crippen LogP contribution < -0.4 is 10.1 Å². The van der Waals surface area contributed by atoms with E-state index >= 15 is 0 Å². The van der Waals surface area contributed by atoms with E-state index in [2.05, 4.69) is 30.2 Å². The summed E-state index contributed by atoms with van der Waals surface area (Å²) in [5.74, 6) is 0.707. The zero-order chi connectivity index (χ0) is 13.1. The fourth-order valence-corrected chi connectivity index (χ4v) is 1.50. The Morgan fingerprint density at radius 1 is 1.29 bits per heavy atom. The number of ether oxygens (including phenoxy) is 1. The number of pyridine rings is 1. The molecule has 0 aliphatic rings. The predicted octanol–water partition coefficient (Wildman–Crippen LogP) is 3.07. The van der Waals surface area contributed by atoms with E-state index in [1.165, 1.54) is 5.56 Å². The first-order valence-corrected chi connectivity index (χ1v) is 6.16. The van der Waals surface area contributed by atoms with E-state index in [0.29, 0.717) is 11.9 Å². The Balaban J connectivity index is 2.79. The van der Waals surface area contributed by atoms with Crippen LogP contribution in [0.1, 0.15) is 45.9 Å². The summed E-state index contributed by atoms with van der Waals surface area (Å²) in [6, 6.07) is 4.58. The third-order valence-corrected chi connectivity index (χ3v) is 2.11. The molecule has 0 aromatic carbocycles.